The molecule has 11 heteroatoms. The van der Waals surface area contributed by atoms with Gasteiger partial charge in [0.15, 0.2) is 5.15 Å². The molecule has 0 aliphatic heterocycles. The molecule has 0 unspecified atom stereocenters. The van der Waals surface area contributed by atoms with E-state index in [1.807, 2.05) is 67.6 Å². The predicted molar refractivity (Wildman–Crippen MR) is 168 cm³/mol. The molecule has 218 valence electrons. The maximum Gasteiger partial charge on any atom is 0.273 e. The first-order valence-electron chi connectivity index (χ1n) is 13.2. The van der Waals surface area contributed by atoms with Crippen molar-refractivity contribution in [2.24, 2.45) is 5.10 Å². The number of methoxy groups -OCH3 is 1. The fraction of sp³-hybridized carbons (Fsp3) is 0.0938. The van der Waals surface area contributed by atoms with Gasteiger partial charge in [-0.1, -0.05) is 72.3 Å². The summed E-state index contributed by atoms with van der Waals surface area (Å²) in [6.07, 6.45) is 1.42. The van der Waals surface area contributed by atoms with Crippen LogP contribution in [0.25, 0.3) is 5.69 Å². The van der Waals surface area contributed by atoms with Crippen LogP contribution in [0.2, 0.25) is 5.15 Å². The molecule has 1 heterocycles. The second-order valence-corrected chi connectivity index (χ2v) is 11.6. The Balaban J connectivity index is 1.46. The summed E-state index contributed by atoms with van der Waals surface area (Å²) in [6.45, 7) is 1.84. The van der Waals surface area contributed by atoms with Crippen LogP contribution in [-0.4, -0.2) is 37.4 Å². The van der Waals surface area contributed by atoms with E-state index in [0.717, 1.165) is 16.9 Å². The molecule has 5 rings (SSSR count). The summed E-state index contributed by atoms with van der Waals surface area (Å²) < 4.78 is 36.1. The minimum atomic E-state index is -4.10. The number of anilines is 1. The monoisotopic (exact) mass is 613 g/mol. The fourth-order valence-corrected chi connectivity index (χ4v) is 6.20. The zero-order valence-corrected chi connectivity index (χ0v) is 25.0. The lowest BCUT2D eigenvalue weighted by atomic mass is 10.1. The standard InChI is InChI=1S/C32H28ClN5O4S/c1-23-29(31(33)36-38(23)25-13-7-4-8-14-25)21-34-35-32(39)28-15-9-10-16-30(28)37(22-24-11-5-3-6-12-24)43(40,41)27-19-17-26(42-2)18-20-27/h3-21H,22H2,1-2H3,(H,35,39)/b34-21-. The number of carbonyl (C=O) groups is 1. The lowest BCUT2D eigenvalue weighted by molar-refractivity contribution is 0.0955. The minimum absolute atomic E-state index is 0.00373. The van der Waals surface area contributed by atoms with Gasteiger partial charge in [-0.05, 0) is 61.0 Å². The Morgan fingerprint density at radius 2 is 1.58 bits per heavy atom. The highest BCUT2D eigenvalue weighted by Crippen LogP contribution is 2.30. The summed E-state index contributed by atoms with van der Waals surface area (Å²) in [5.41, 5.74) is 5.67. The second kappa shape index (κ2) is 12.9. The van der Waals surface area contributed by atoms with Crippen LogP contribution in [0.3, 0.4) is 0 Å². The van der Waals surface area contributed by atoms with Crippen molar-refractivity contribution < 1.29 is 17.9 Å². The van der Waals surface area contributed by atoms with Crippen molar-refractivity contribution in [3.63, 3.8) is 0 Å². The van der Waals surface area contributed by atoms with Crippen molar-refractivity contribution in [3.8, 4) is 11.4 Å². The zero-order chi connectivity index (χ0) is 30.4. The lowest BCUT2D eigenvalue weighted by Crippen LogP contribution is -2.33. The third-order valence-corrected chi connectivity index (χ3v) is 8.77. The highest BCUT2D eigenvalue weighted by atomic mass is 35.5. The van der Waals surface area contributed by atoms with Crippen LogP contribution < -0.4 is 14.5 Å². The van der Waals surface area contributed by atoms with Crippen molar-refractivity contribution in [3.05, 3.63) is 137 Å². The van der Waals surface area contributed by atoms with E-state index in [2.05, 4.69) is 15.6 Å². The van der Waals surface area contributed by atoms with Gasteiger partial charge in [-0.25, -0.2) is 18.5 Å². The van der Waals surface area contributed by atoms with Gasteiger partial charge in [0.2, 0.25) is 0 Å². The summed E-state index contributed by atoms with van der Waals surface area (Å²) in [5.74, 6) is -0.0741. The van der Waals surface area contributed by atoms with Gasteiger partial charge in [-0.3, -0.25) is 9.10 Å². The molecule has 1 N–H and O–H groups in total. The van der Waals surface area contributed by atoms with Crippen LogP contribution >= 0.6 is 11.6 Å². The number of benzene rings is 4. The van der Waals surface area contributed by atoms with Crippen molar-refractivity contribution in [2.75, 3.05) is 11.4 Å². The first-order chi connectivity index (χ1) is 20.8. The molecule has 43 heavy (non-hydrogen) atoms. The van der Waals surface area contributed by atoms with E-state index in [9.17, 15) is 13.2 Å². The number of aromatic nitrogens is 2. The highest BCUT2D eigenvalue weighted by molar-refractivity contribution is 7.92. The van der Waals surface area contributed by atoms with Gasteiger partial charge in [0.1, 0.15) is 5.75 Å². The van der Waals surface area contributed by atoms with Crippen molar-refractivity contribution in [1.29, 1.82) is 0 Å². The van der Waals surface area contributed by atoms with Crippen molar-refractivity contribution in [2.45, 2.75) is 18.4 Å². The number of halogens is 1. The number of ether oxygens (including phenoxy) is 1. The fourth-order valence-electron chi connectivity index (χ4n) is 4.47. The smallest absolute Gasteiger partial charge is 0.273 e. The number of carbonyl (C=O) groups excluding carboxylic acids is 1. The molecular weight excluding hydrogens is 586 g/mol. The quantitative estimate of drug-likeness (QED) is 0.154. The van der Waals surface area contributed by atoms with Gasteiger partial charge >= 0.3 is 0 Å². The average Bonchev–Trinajstić information content (AvgIpc) is 3.33. The van der Waals surface area contributed by atoms with Gasteiger partial charge in [-0.2, -0.15) is 10.2 Å². The van der Waals surface area contributed by atoms with E-state index in [1.165, 1.54) is 29.8 Å². The molecule has 0 fully saturated rings. The summed E-state index contributed by atoms with van der Waals surface area (Å²) in [5, 5.41) is 8.73. The van der Waals surface area contributed by atoms with Gasteiger partial charge in [0, 0.05) is 0 Å². The Kier molecular flexibility index (Phi) is 8.89. The molecule has 0 spiro atoms. The van der Waals surface area contributed by atoms with E-state index >= 15 is 0 Å². The van der Waals surface area contributed by atoms with E-state index in [-0.39, 0.29) is 27.8 Å². The number of amides is 1. The van der Waals surface area contributed by atoms with E-state index in [4.69, 9.17) is 16.3 Å². The number of sulfonamides is 1. The van der Waals surface area contributed by atoms with Gasteiger partial charge in [-0.15, -0.1) is 0 Å². The maximum atomic E-state index is 14.0. The summed E-state index contributed by atoms with van der Waals surface area (Å²) in [6, 6.07) is 31.2. The molecule has 0 saturated carbocycles. The normalized spacial score (nSPS) is 11.4. The molecule has 5 aromatic rings. The molecule has 9 nitrogen and oxygen atoms in total. The van der Waals surface area contributed by atoms with Crippen LogP contribution in [0.4, 0.5) is 5.69 Å². The van der Waals surface area contributed by atoms with Crippen LogP contribution in [0, 0.1) is 6.92 Å². The first kappa shape index (κ1) is 29.6. The molecule has 0 bridgehead atoms. The largest absolute Gasteiger partial charge is 0.497 e. The van der Waals surface area contributed by atoms with Crippen LogP contribution in [0.15, 0.2) is 119 Å². The SMILES string of the molecule is COc1ccc(S(=O)(=O)N(Cc2ccccc2)c2ccccc2C(=O)N/N=C\c2c(Cl)nn(-c3ccccc3)c2C)cc1. The van der Waals surface area contributed by atoms with E-state index in [0.29, 0.717) is 11.3 Å². The molecule has 1 amide bonds. The van der Waals surface area contributed by atoms with Gasteiger partial charge in [0.25, 0.3) is 15.9 Å². The number of para-hydroxylation sites is 2. The van der Waals surface area contributed by atoms with E-state index < -0.39 is 15.9 Å². The Labute approximate surface area is 255 Å². The molecule has 0 aliphatic rings. The molecule has 0 atom stereocenters. The maximum absolute atomic E-state index is 14.0. The van der Waals surface area contributed by atoms with Crippen LogP contribution in [0.5, 0.6) is 5.75 Å². The third kappa shape index (κ3) is 6.45. The molecule has 0 saturated heterocycles. The predicted octanol–water partition coefficient (Wildman–Crippen LogP) is 6.00. The lowest BCUT2D eigenvalue weighted by Gasteiger charge is -2.26. The Morgan fingerprint density at radius 1 is 0.953 bits per heavy atom. The minimum Gasteiger partial charge on any atom is -0.497 e. The number of rotatable bonds is 10. The number of hydrazone groups is 1. The number of nitrogens with one attached hydrogen (secondary N) is 1. The van der Waals surface area contributed by atoms with E-state index in [1.54, 1.807) is 41.1 Å². The number of nitrogens with zero attached hydrogens (tertiary/aromatic N) is 4. The van der Waals surface area contributed by atoms with Crippen LogP contribution in [0.1, 0.15) is 27.2 Å². The Hall–Kier alpha value is -4.93. The molecule has 0 radical (unpaired) electrons. The number of hydrogen-bond acceptors (Lipinski definition) is 6. The Bertz CT molecular complexity index is 1860. The first-order valence-corrected chi connectivity index (χ1v) is 15.0. The molecular formula is C32H28ClN5O4S. The Morgan fingerprint density at radius 3 is 2.26 bits per heavy atom. The van der Waals surface area contributed by atoms with Crippen LogP contribution in [-0.2, 0) is 16.6 Å². The van der Waals surface area contributed by atoms with Crippen molar-refractivity contribution >= 4 is 39.4 Å². The molecule has 4 aromatic carbocycles. The summed E-state index contributed by atoms with van der Waals surface area (Å²) in [4.78, 5) is 13.5. The third-order valence-electron chi connectivity index (χ3n) is 6.71. The summed E-state index contributed by atoms with van der Waals surface area (Å²) >= 11 is 6.39. The molecule has 0 aliphatic carbocycles. The molecule has 1 aromatic heterocycles. The van der Waals surface area contributed by atoms with Gasteiger partial charge in [0.05, 0.1) is 53.0 Å². The average molecular weight is 614 g/mol. The van der Waals surface area contributed by atoms with Gasteiger partial charge < -0.3 is 4.74 Å². The zero-order valence-electron chi connectivity index (χ0n) is 23.4. The second-order valence-electron chi connectivity index (χ2n) is 9.43. The highest BCUT2D eigenvalue weighted by Gasteiger charge is 2.29. The summed E-state index contributed by atoms with van der Waals surface area (Å²) in [7, 11) is -2.59. The number of hydrogen-bond donors (Lipinski definition) is 1. The topological polar surface area (TPSA) is 106 Å². The van der Waals surface area contributed by atoms with Crippen molar-refractivity contribution in [1.82, 2.24) is 15.2 Å².